The fraction of sp³-hybridized carbons (Fsp3) is 0.929. The fourth-order valence-corrected chi connectivity index (χ4v) is 1.60. The van der Waals surface area contributed by atoms with Crippen LogP contribution in [0.15, 0.2) is 0 Å². The molecule has 0 aliphatic rings. The third-order valence-corrected chi connectivity index (χ3v) is 2.64. The highest BCUT2D eigenvalue weighted by atomic mass is 16.1. The van der Waals surface area contributed by atoms with Crippen LogP contribution in [0.4, 0.5) is 0 Å². The summed E-state index contributed by atoms with van der Waals surface area (Å²) in [6.07, 6.45) is 6.85. The summed E-state index contributed by atoms with van der Waals surface area (Å²) < 4.78 is 0. The second kappa shape index (κ2) is 9.68. The maximum Gasteiger partial charge on any atom is 0.220 e. The molecule has 0 aliphatic heterocycles. The highest BCUT2D eigenvalue weighted by Gasteiger charge is 2.01. The SMILES string of the molecule is CC(C)CCCCCCC(=O)NCC(C)C. The zero-order chi connectivity index (χ0) is 12.4. The van der Waals surface area contributed by atoms with Crippen molar-refractivity contribution in [2.45, 2.75) is 66.2 Å². The Labute approximate surface area is 101 Å². The Bertz CT molecular complexity index is 176. The van der Waals surface area contributed by atoms with Gasteiger partial charge >= 0.3 is 0 Å². The van der Waals surface area contributed by atoms with Crippen molar-refractivity contribution in [1.29, 1.82) is 0 Å². The van der Waals surface area contributed by atoms with E-state index in [1.807, 2.05) is 0 Å². The first-order valence-corrected chi connectivity index (χ1v) is 6.79. The van der Waals surface area contributed by atoms with E-state index in [0.717, 1.165) is 18.9 Å². The van der Waals surface area contributed by atoms with E-state index >= 15 is 0 Å². The van der Waals surface area contributed by atoms with Crippen molar-refractivity contribution in [3.05, 3.63) is 0 Å². The Morgan fingerprint density at radius 1 is 0.938 bits per heavy atom. The van der Waals surface area contributed by atoms with Crippen molar-refractivity contribution in [3.8, 4) is 0 Å². The molecule has 1 amide bonds. The first-order valence-electron chi connectivity index (χ1n) is 6.79. The smallest absolute Gasteiger partial charge is 0.220 e. The Morgan fingerprint density at radius 2 is 1.56 bits per heavy atom. The van der Waals surface area contributed by atoms with Crippen LogP contribution in [0.3, 0.4) is 0 Å². The van der Waals surface area contributed by atoms with Gasteiger partial charge in [0.25, 0.3) is 0 Å². The predicted molar refractivity (Wildman–Crippen MR) is 70.4 cm³/mol. The summed E-state index contributed by atoms with van der Waals surface area (Å²) in [5, 5.41) is 2.95. The van der Waals surface area contributed by atoms with Gasteiger partial charge in [-0.1, -0.05) is 53.4 Å². The molecule has 0 aromatic carbocycles. The van der Waals surface area contributed by atoms with E-state index in [1.165, 1.54) is 25.7 Å². The standard InChI is InChI=1S/C14H29NO/c1-12(2)9-7-5-6-8-10-14(16)15-11-13(3)4/h12-13H,5-11H2,1-4H3,(H,15,16). The van der Waals surface area contributed by atoms with Gasteiger partial charge in [0.05, 0.1) is 0 Å². The van der Waals surface area contributed by atoms with Gasteiger partial charge in [-0.05, 0) is 18.3 Å². The molecular formula is C14H29NO. The van der Waals surface area contributed by atoms with Gasteiger partial charge in [-0.2, -0.15) is 0 Å². The summed E-state index contributed by atoms with van der Waals surface area (Å²) in [6, 6.07) is 0. The van der Waals surface area contributed by atoms with Crippen LogP contribution in [-0.2, 0) is 4.79 Å². The van der Waals surface area contributed by atoms with E-state index in [9.17, 15) is 4.79 Å². The van der Waals surface area contributed by atoms with Crippen molar-refractivity contribution >= 4 is 5.91 Å². The molecular weight excluding hydrogens is 198 g/mol. The van der Waals surface area contributed by atoms with E-state index in [2.05, 4.69) is 33.0 Å². The summed E-state index contributed by atoms with van der Waals surface area (Å²) in [4.78, 5) is 11.4. The van der Waals surface area contributed by atoms with Crippen LogP contribution in [0.1, 0.15) is 66.2 Å². The minimum atomic E-state index is 0.220. The van der Waals surface area contributed by atoms with Crippen LogP contribution in [0.5, 0.6) is 0 Å². The van der Waals surface area contributed by atoms with Crippen molar-refractivity contribution in [2.24, 2.45) is 11.8 Å². The number of carbonyl (C=O) groups is 1. The molecule has 0 fully saturated rings. The summed E-state index contributed by atoms with van der Waals surface area (Å²) in [7, 11) is 0. The molecule has 0 bridgehead atoms. The second-order valence-electron chi connectivity index (χ2n) is 5.54. The van der Waals surface area contributed by atoms with Gasteiger partial charge in [-0.3, -0.25) is 4.79 Å². The molecule has 0 heterocycles. The molecule has 0 radical (unpaired) electrons. The van der Waals surface area contributed by atoms with E-state index in [1.54, 1.807) is 0 Å². The summed E-state index contributed by atoms with van der Waals surface area (Å²) in [5.74, 6) is 1.59. The van der Waals surface area contributed by atoms with E-state index in [4.69, 9.17) is 0 Å². The summed E-state index contributed by atoms with van der Waals surface area (Å²) in [5.41, 5.74) is 0. The zero-order valence-corrected chi connectivity index (χ0v) is 11.5. The lowest BCUT2D eigenvalue weighted by Crippen LogP contribution is -2.26. The topological polar surface area (TPSA) is 29.1 Å². The van der Waals surface area contributed by atoms with Gasteiger partial charge in [0.1, 0.15) is 0 Å². The van der Waals surface area contributed by atoms with Gasteiger partial charge < -0.3 is 5.32 Å². The average molecular weight is 227 g/mol. The molecule has 0 spiro atoms. The molecule has 0 saturated heterocycles. The minimum Gasteiger partial charge on any atom is -0.356 e. The van der Waals surface area contributed by atoms with Crippen molar-refractivity contribution in [1.82, 2.24) is 5.32 Å². The Kier molecular flexibility index (Phi) is 9.36. The fourth-order valence-electron chi connectivity index (χ4n) is 1.60. The van der Waals surface area contributed by atoms with Crippen molar-refractivity contribution < 1.29 is 4.79 Å². The number of amides is 1. The third kappa shape index (κ3) is 11.5. The lowest BCUT2D eigenvalue weighted by Gasteiger charge is -2.07. The normalized spacial score (nSPS) is 11.1. The molecule has 0 rings (SSSR count). The first kappa shape index (κ1) is 15.5. The maximum atomic E-state index is 11.4. The van der Waals surface area contributed by atoms with Crippen LogP contribution in [0, 0.1) is 11.8 Å². The lowest BCUT2D eigenvalue weighted by molar-refractivity contribution is -0.121. The minimum absolute atomic E-state index is 0.220. The molecule has 0 aromatic heterocycles. The number of carbonyl (C=O) groups excluding carboxylic acids is 1. The second-order valence-corrected chi connectivity index (χ2v) is 5.54. The molecule has 0 atom stereocenters. The first-order chi connectivity index (χ1) is 7.52. The lowest BCUT2D eigenvalue weighted by atomic mass is 10.0. The predicted octanol–water partition coefficient (Wildman–Crippen LogP) is 3.76. The van der Waals surface area contributed by atoms with Crippen LogP contribution in [0.25, 0.3) is 0 Å². The Balaban J connectivity index is 3.21. The van der Waals surface area contributed by atoms with Crippen molar-refractivity contribution in [2.75, 3.05) is 6.54 Å². The summed E-state index contributed by atoms with van der Waals surface area (Å²) >= 11 is 0. The molecule has 16 heavy (non-hydrogen) atoms. The van der Waals surface area contributed by atoms with Gasteiger partial charge in [0.15, 0.2) is 0 Å². The molecule has 2 nitrogen and oxygen atoms in total. The number of hydrogen-bond donors (Lipinski definition) is 1. The summed E-state index contributed by atoms with van der Waals surface area (Å²) in [6.45, 7) is 9.57. The molecule has 0 aromatic rings. The van der Waals surface area contributed by atoms with E-state index < -0.39 is 0 Å². The zero-order valence-electron chi connectivity index (χ0n) is 11.5. The van der Waals surface area contributed by atoms with E-state index in [0.29, 0.717) is 12.3 Å². The monoisotopic (exact) mass is 227 g/mol. The van der Waals surface area contributed by atoms with Crippen LogP contribution in [-0.4, -0.2) is 12.5 Å². The Morgan fingerprint density at radius 3 is 2.12 bits per heavy atom. The number of hydrogen-bond acceptors (Lipinski definition) is 1. The van der Waals surface area contributed by atoms with Crippen LogP contribution < -0.4 is 5.32 Å². The molecule has 96 valence electrons. The number of unbranched alkanes of at least 4 members (excludes halogenated alkanes) is 3. The maximum absolute atomic E-state index is 11.4. The average Bonchev–Trinajstić information content (AvgIpc) is 2.19. The quantitative estimate of drug-likeness (QED) is 0.597. The van der Waals surface area contributed by atoms with Gasteiger partial charge in [0.2, 0.25) is 5.91 Å². The number of rotatable bonds is 9. The largest absolute Gasteiger partial charge is 0.356 e. The Hall–Kier alpha value is -0.530. The highest BCUT2D eigenvalue weighted by Crippen LogP contribution is 2.10. The highest BCUT2D eigenvalue weighted by molar-refractivity contribution is 5.75. The van der Waals surface area contributed by atoms with Crippen LogP contribution in [0.2, 0.25) is 0 Å². The van der Waals surface area contributed by atoms with Crippen LogP contribution >= 0.6 is 0 Å². The van der Waals surface area contributed by atoms with Gasteiger partial charge in [-0.15, -0.1) is 0 Å². The molecule has 2 heteroatoms. The molecule has 1 N–H and O–H groups in total. The molecule has 0 aliphatic carbocycles. The molecule has 0 saturated carbocycles. The van der Waals surface area contributed by atoms with Crippen molar-refractivity contribution in [3.63, 3.8) is 0 Å². The number of nitrogens with one attached hydrogen (secondary N) is 1. The van der Waals surface area contributed by atoms with E-state index in [-0.39, 0.29) is 5.91 Å². The van der Waals surface area contributed by atoms with Gasteiger partial charge in [0, 0.05) is 13.0 Å². The molecule has 0 unspecified atom stereocenters. The third-order valence-electron chi connectivity index (χ3n) is 2.64. The van der Waals surface area contributed by atoms with Gasteiger partial charge in [-0.25, -0.2) is 0 Å².